The standard InChI is InChI=1S/C25H23F3N4O4/c1-14-22-20(11-24(2,3)12-21(22)33)31(30-14)18-8-7-16(10-19(18)32(35)36)23(34)29-13-15-5-4-6-17(9-15)25(26,27)28/h4-10H,11-13H2,1-3H3,(H,29,34). The van der Waals surface area contributed by atoms with Gasteiger partial charge in [-0.05, 0) is 48.6 Å². The lowest BCUT2D eigenvalue weighted by Gasteiger charge is -2.29. The van der Waals surface area contributed by atoms with E-state index in [9.17, 15) is 32.9 Å². The number of halogens is 3. The third kappa shape index (κ3) is 4.86. The molecule has 0 unspecified atom stereocenters. The first-order valence-corrected chi connectivity index (χ1v) is 11.1. The van der Waals surface area contributed by atoms with Gasteiger partial charge in [-0.2, -0.15) is 18.3 Å². The molecule has 0 spiro atoms. The normalized spacial score (nSPS) is 14.9. The lowest BCUT2D eigenvalue weighted by atomic mass is 9.75. The third-order valence-electron chi connectivity index (χ3n) is 6.09. The molecule has 0 aliphatic heterocycles. The van der Waals surface area contributed by atoms with Crippen LogP contribution in [-0.2, 0) is 19.1 Å². The first kappa shape index (κ1) is 25.1. The van der Waals surface area contributed by atoms with Crippen molar-refractivity contribution in [2.75, 3.05) is 0 Å². The van der Waals surface area contributed by atoms with Crippen LogP contribution in [0.5, 0.6) is 0 Å². The van der Waals surface area contributed by atoms with Crippen molar-refractivity contribution in [1.82, 2.24) is 15.1 Å². The highest BCUT2D eigenvalue weighted by molar-refractivity contribution is 6.00. The van der Waals surface area contributed by atoms with Crippen LogP contribution in [0.2, 0.25) is 0 Å². The van der Waals surface area contributed by atoms with Gasteiger partial charge in [0.05, 0.1) is 27.4 Å². The second kappa shape index (κ2) is 8.89. The van der Waals surface area contributed by atoms with Crippen molar-refractivity contribution in [2.45, 2.75) is 46.3 Å². The van der Waals surface area contributed by atoms with Gasteiger partial charge in [-0.15, -0.1) is 0 Å². The van der Waals surface area contributed by atoms with E-state index in [2.05, 4.69) is 10.4 Å². The number of nitro groups is 1. The predicted octanol–water partition coefficient (Wildman–Crippen LogP) is 5.19. The minimum Gasteiger partial charge on any atom is -0.348 e. The number of ketones is 1. The maximum Gasteiger partial charge on any atom is 0.416 e. The molecule has 1 aromatic heterocycles. The summed E-state index contributed by atoms with van der Waals surface area (Å²) in [5, 5.41) is 18.8. The number of nitrogens with one attached hydrogen (secondary N) is 1. The zero-order chi connectivity index (χ0) is 26.4. The topological polar surface area (TPSA) is 107 Å². The molecule has 1 heterocycles. The van der Waals surface area contributed by atoms with E-state index in [1.165, 1.54) is 28.9 Å². The Morgan fingerprint density at radius 2 is 1.92 bits per heavy atom. The van der Waals surface area contributed by atoms with Crippen molar-refractivity contribution in [3.63, 3.8) is 0 Å². The fourth-order valence-corrected chi connectivity index (χ4v) is 4.47. The molecule has 1 aliphatic carbocycles. The number of carbonyl (C=O) groups excluding carboxylic acids is 2. The first-order chi connectivity index (χ1) is 16.8. The van der Waals surface area contributed by atoms with E-state index in [1.807, 2.05) is 13.8 Å². The lowest BCUT2D eigenvalue weighted by molar-refractivity contribution is -0.384. The van der Waals surface area contributed by atoms with E-state index in [1.54, 1.807) is 6.92 Å². The number of nitrogens with zero attached hydrogens (tertiary/aromatic N) is 3. The maximum atomic E-state index is 12.9. The molecule has 0 radical (unpaired) electrons. The van der Waals surface area contributed by atoms with E-state index in [4.69, 9.17) is 0 Å². The van der Waals surface area contributed by atoms with Gasteiger partial charge in [-0.25, -0.2) is 4.68 Å². The Balaban J connectivity index is 1.63. The summed E-state index contributed by atoms with van der Waals surface area (Å²) in [5.74, 6) is -0.754. The Labute approximate surface area is 204 Å². The third-order valence-corrected chi connectivity index (χ3v) is 6.09. The van der Waals surface area contributed by atoms with E-state index < -0.39 is 22.6 Å². The van der Waals surface area contributed by atoms with Crippen LogP contribution in [-0.4, -0.2) is 26.4 Å². The predicted molar refractivity (Wildman–Crippen MR) is 124 cm³/mol. The van der Waals surface area contributed by atoms with Gasteiger partial charge < -0.3 is 5.32 Å². The Bertz CT molecular complexity index is 1390. The highest BCUT2D eigenvalue weighted by atomic mass is 19.4. The van der Waals surface area contributed by atoms with Crippen LogP contribution in [0.15, 0.2) is 42.5 Å². The van der Waals surface area contributed by atoms with Crippen LogP contribution >= 0.6 is 0 Å². The summed E-state index contributed by atoms with van der Waals surface area (Å²) in [6, 6.07) is 8.39. The highest BCUT2D eigenvalue weighted by Crippen LogP contribution is 2.38. The van der Waals surface area contributed by atoms with E-state index in [-0.39, 0.29) is 40.2 Å². The Hall–Kier alpha value is -4.02. The molecule has 1 N–H and O–H groups in total. The zero-order valence-electron chi connectivity index (χ0n) is 19.8. The van der Waals surface area contributed by atoms with Gasteiger partial charge in [0.2, 0.25) is 0 Å². The molecule has 0 saturated carbocycles. The van der Waals surface area contributed by atoms with Gasteiger partial charge in [0.1, 0.15) is 5.69 Å². The van der Waals surface area contributed by atoms with Gasteiger partial charge in [-0.1, -0.05) is 26.0 Å². The average molecular weight is 500 g/mol. The van der Waals surface area contributed by atoms with Gasteiger partial charge in [0.15, 0.2) is 5.78 Å². The van der Waals surface area contributed by atoms with Crippen LogP contribution in [0.1, 0.15) is 63.5 Å². The van der Waals surface area contributed by atoms with Crippen molar-refractivity contribution in [2.24, 2.45) is 5.41 Å². The molecular formula is C25H23F3N4O4. The van der Waals surface area contributed by atoms with Crippen molar-refractivity contribution < 1.29 is 27.7 Å². The molecule has 2 aromatic carbocycles. The number of nitro benzene ring substituents is 1. The number of hydrogen-bond acceptors (Lipinski definition) is 5. The first-order valence-electron chi connectivity index (χ1n) is 11.1. The Morgan fingerprint density at radius 3 is 2.58 bits per heavy atom. The summed E-state index contributed by atoms with van der Waals surface area (Å²) >= 11 is 0. The smallest absolute Gasteiger partial charge is 0.348 e. The van der Waals surface area contributed by atoms with Crippen LogP contribution < -0.4 is 5.32 Å². The number of rotatable bonds is 5. The van der Waals surface area contributed by atoms with Gasteiger partial charge in [0.25, 0.3) is 11.6 Å². The Morgan fingerprint density at radius 1 is 1.19 bits per heavy atom. The molecular weight excluding hydrogens is 477 g/mol. The fraction of sp³-hybridized carbons (Fsp3) is 0.320. The Kier molecular flexibility index (Phi) is 6.19. The van der Waals surface area contributed by atoms with E-state index in [0.29, 0.717) is 29.8 Å². The molecule has 0 bridgehead atoms. The summed E-state index contributed by atoms with van der Waals surface area (Å²) in [5.41, 5.74) is 0.266. The largest absolute Gasteiger partial charge is 0.416 e. The number of fused-ring (bicyclic) bond motifs is 1. The van der Waals surface area contributed by atoms with Gasteiger partial charge >= 0.3 is 6.18 Å². The minimum absolute atomic E-state index is 0.0356. The molecule has 4 rings (SSSR count). The molecule has 1 aliphatic rings. The SMILES string of the molecule is Cc1nn(-c2ccc(C(=O)NCc3cccc(C(F)(F)F)c3)cc2[N+](=O)[O-])c2c1C(=O)CC(C)(C)C2. The van der Waals surface area contributed by atoms with Crippen molar-refractivity contribution in [1.29, 1.82) is 0 Å². The number of alkyl halides is 3. The zero-order valence-corrected chi connectivity index (χ0v) is 19.8. The lowest BCUT2D eigenvalue weighted by Crippen LogP contribution is -2.28. The summed E-state index contributed by atoms with van der Waals surface area (Å²) in [6.45, 7) is 5.36. The number of carbonyl (C=O) groups is 2. The molecule has 11 heteroatoms. The number of aromatic nitrogens is 2. The molecule has 1 amide bonds. The number of amides is 1. The van der Waals surface area contributed by atoms with Crippen molar-refractivity contribution in [3.8, 4) is 5.69 Å². The summed E-state index contributed by atoms with van der Waals surface area (Å²) < 4.78 is 40.2. The van der Waals surface area contributed by atoms with Gasteiger partial charge in [0, 0.05) is 24.6 Å². The monoisotopic (exact) mass is 500 g/mol. The molecule has 36 heavy (non-hydrogen) atoms. The van der Waals surface area contributed by atoms with Crippen LogP contribution in [0, 0.1) is 22.5 Å². The maximum absolute atomic E-state index is 12.9. The van der Waals surface area contributed by atoms with Crippen LogP contribution in [0.4, 0.5) is 18.9 Å². The minimum atomic E-state index is -4.51. The number of aryl methyl sites for hydroxylation is 1. The van der Waals surface area contributed by atoms with E-state index >= 15 is 0 Å². The molecule has 3 aromatic rings. The van der Waals surface area contributed by atoms with Crippen molar-refractivity contribution in [3.05, 3.63) is 86.2 Å². The van der Waals surface area contributed by atoms with Gasteiger partial charge in [-0.3, -0.25) is 19.7 Å². The van der Waals surface area contributed by atoms with E-state index in [0.717, 1.165) is 18.2 Å². The summed E-state index contributed by atoms with van der Waals surface area (Å²) in [7, 11) is 0. The molecule has 0 saturated heterocycles. The number of benzene rings is 2. The molecule has 0 fully saturated rings. The second-order valence-electron chi connectivity index (χ2n) is 9.60. The average Bonchev–Trinajstić information content (AvgIpc) is 3.11. The van der Waals surface area contributed by atoms with Crippen molar-refractivity contribution >= 4 is 17.4 Å². The molecule has 188 valence electrons. The number of hydrogen-bond donors (Lipinski definition) is 1. The fourth-order valence-electron chi connectivity index (χ4n) is 4.47. The molecule has 0 atom stereocenters. The quantitative estimate of drug-likeness (QED) is 0.383. The van der Waals surface area contributed by atoms with Crippen LogP contribution in [0.25, 0.3) is 5.69 Å². The van der Waals surface area contributed by atoms with Crippen LogP contribution in [0.3, 0.4) is 0 Å². The summed E-state index contributed by atoms with van der Waals surface area (Å²) in [4.78, 5) is 36.6. The second-order valence-corrected chi connectivity index (χ2v) is 9.60. The molecule has 8 nitrogen and oxygen atoms in total. The summed E-state index contributed by atoms with van der Waals surface area (Å²) in [6.07, 6.45) is -3.68. The number of Topliss-reactive ketones (excluding diaryl/α,β-unsaturated/α-hetero) is 1. The highest BCUT2D eigenvalue weighted by Gasteiger charge is 2.37.